The normalized spacial score (nSPS) is 11.5. The molecule has 0 aromatic heterocycles. The molecular formula is C24H30O7. The van der Waals surface area contributed by atoms with E-state index in [2.05, 4.69) is 0 Å². The predicted molar refractivity (Wildman–Crippen MR) is 117 cm³/mol. The number of carbonyl (C=O) groups excluding carboxylic acids is 1. The maximum atomic E-state index is 13.0. The molecule has 0 heterocycles. The smallest absolute Gasteiger partial charge is 0.318 e. The van der Waals surface area contributed by atoms with Gasteiger partial charge in [-0.05, 0) is 63.1 Å². The number of ether oxygens (including phenoxy) is 4. The summed E-state index contributed by atoms with van der Waals surface area (Å²) in [5, 5.41) is 9.78. The zero-order chi connectivity index (χ0) is 22.8. The lowest BCUT2D eigenvalue weighted by atomic mass is 9.90. The zero-order valence-corrected chi connectivity index (χ0v) is 18.5. The summed E-state index contributed by atoms with van der Waals surface area (Å²) in [6, 6.07) is 9.99. The van der Waals surface area contributed by atoms with Crippen LogP contribution in [0.25, 0.3) is 0 Å². The number of rotatable bonds is 13. The minimum Gasteiger partial charge on any atom is -0.490 e. The lowest BCUT2D eigenvalue weighted by molar-refractivity contribution is -0.142. The van der Waals surface area contributed by atoms with E-state index in [0.717, 1.165) is 0 Å². The van der Waals surface area contributed by atoms with E-state index >= 15 is 0 Å². The molecule has 2 aromatic rings. The quantitative estimate of drug-likeness (QED) is 0.475. The molecule has 1 N–H and O–H groups in total. The molecular weight excluding hydrogens is 400 g/mol. The number of carboxylic acids is 1. The highest BCUT2D eigenvalue weighted by Crippen LogP contribution is 2.33. The van der Waals surface area contributed by atoms with E-state index in [-0.39, 0.29) is 6.42 Å². The van der Waals surface area contributed by atoms with Gasteiger partial charge in [-0.3, -0.25) is 9.59 Å². The van der Waals surface area contributed by atoms with Crippen LogP contribution >= 0.6 is 0 Å². The summed E-state index contributed by atoms with van der Waals surface area (Å²) >= 11 is 0. The Labute approximate surface area is 182 Å². The van der Waals surface area contributed by atoms with Crippen LogP contribution in [0.3, 0.4) is 0 Å². The van der Waals surface area contributed by atoms with Crippen LogP contribution in [0.1, 0.15) is 44.7 Å². The molecule has 0 bridgehead atoms. The van der Waals surface area contributed by atoms with E-state index in [4.69, 9.17) is 18.9 Å². The number of Topliss-reactive ketones (excluding diaryl/α,β-unsaturated/α-hetero) is 1. The fraction of sp³-hybridized carbons (Fsp3) is 0.417. The van der Waals surface area contributed by atoms with E-state index in [1.807, 2.05) is 27.7 Å². The first-order valence-corrected chi connectivity index (χ1v) is 10.5. The van der Waals surface area contributed by atoms with Gasteiger partial charge in [0.05, 0.1) is 26.4 Å². The second kappa shape index (κ2) is 11.8. The summed E-state index contributed by atoms with van der Waals surface area (Å²) in [4.78, 5) is 25.0. The van der Waals surface area contributed by atoms with Crippen molar-refractivity contribution in [1.29, 1.82) is 0 Å². The molecule has 0 fully saturated rings. The van der Waals surface area contributed by atoms with E-state index in [1.54, 1.807) is 36.4 Å². The molecule has 0 saturated heterocycles. The molecule has 1 atom stereocenters. The van der Waals surface area contributed by atoms with Crippen molar-refractivity contribution >= 4 is 11.8 Å². The second-order valence-electron chi connectivity index (χ2n) is 6.63. The summed E-state index contributed by atoms with van der Waals surface area (Å²) < 4.78 is 22.2. The van der Waals surface area contributed by atoms with Gasteiger partial charge in [0.25, 0.3) is 0 Å². The van der Waals surface area contributed by atoms with E-state index in [1.165, 1.54) is 0 Å². The van der Waals surface area contributed by atoms with Crippen LogP contribution < -0.4 is 18.9 Å². The first-order valence-electron chi connectivity index (χ1n) is 10.5. The van der Waals surface area contributed by atoms with Crippen molar-refractivity contribution in [3.63, 3.8) is 0 Å². The molecule has 7 nitrogen and oxygen atoms in total. The Bertz CT molecular complexity index is 891. The van der Waals surface area contributed by atoms with Crippen LogP contribution in [-0.4, -0.2) is 43.3 Å². The topological polar surface area (TPSA) is 91.3 Å². The maximum absolute atomic E-state index is 13.0. The number of benzene rings is 2. The van der Waals surface area contributed by atoms with Gasteiger partial charge in [0.2, 0.25) is 0 Å². The standard InChI is InChI=1S/C24H30O7/c1-5-28-19-11-9-16(14-21(19)30-7-3)13-18(25)23(24(26)27)17-10-12-20(29-6-2)22(15-17)31-8-4/h9-12,14-15,23H,5-8,13H2,1-4H3,(H,26,27). The Balaban J connectivity index is 2.32. The molecule has 0 aliphatic rings. The lowest BCUT2D eigenvalue weighted by Crippen LogP contribution is -2.23. The molecule has 0 spiro atoms. The van der Waals surface area contributed by atoms with Gasteiger partial charge < -0.3 is 24.1 Å². The summed E-state index contributed by atoms with van der Waals surface area (Å²) in [7, 11) is 0. The number of carbonyl (C=O) groups is 2. The molecule has 1 unspecified atom stereocenters. The molecule has 0 saturated carbocycles. The summed E-state index contributed by atoms with van der Waals surface area (Å²) in [6.45, 7) is 9.17. The second-order valence-corrected chi connectivity index (χ2v) is 6.63. The zero-order valence-electron chi connectivity index (χ0n) is 18.5. The summed E-state index contributed by atoms with van der Waals surface area (Å²) in [6.07, 6.45) is -0.0549. The first-order chi connectivity index (χ1) is 14.9. The molecule has 0 aliphatic carbocycles. The van der Waals surface area contributed by atoms with Gasteiger partial charge >= 0.3 is 5.97 Å². The van der Waals surface area contributed by atoms with Crippen LogP contribution in [0.5, 0.6) is 23.0 Å². The molecule has 0 radical (unpaired) electrons. The fourth-order valence-corrected chi connectivity index (χ4v) is 3.22. The number of hydrogen-bond donors (Lipinski definition) is 1. The first kappa shape index (κ1) is 24.1. The van der Waals surface area contributed by atoms with E-state index in [9.17, 15) is 14.7 Å². The molecule has 2 rings (SSSR count). The third kappa shape index (κ3) is 6.38. The van der Waals surface area contributed by atoms with Crippen LogP contribution in [0.15, 0.2) is 36.4 Å². The highest BCUT2D eigenvalue weighted by molar-refractivity contribution is 6.04. The van der Waals surface area contributed by atoms with Crippen molar-refractivity contribution < 1.29 is 33.6 Å². The summed E-state index contributed by atoms with van der Waals surface area (Å²) in [5.74, 6) is -0.933. The number of carboxylic acid groups (broad SMARTS) is 1. The number of ketones is 1. The molecule has 0 amide bonds. The van der Waals surface area contributed by atoms with Crippen LogP contribution in [-0.2, 0) is 16.0 Å². The van der Waals surface area contributed by atoms with Crippen molar-refractivity contribution in [3.8, 4) is 23.0 Å². The minimum atomic E-state index is -1.32. The lowest BCUT2D eigenvalue weighted by Gasteiger charge is -2.17. The van der Waals surface area contributed by atoms with Gasteiger partial charge in [-0.2, -0.15) is 0 Å². The third-order valence-corrected chi connectivity index (χ3v) is 4.46. The number of aliphatic carboxylic acids is 1. The van der Waals surface area contributed by atoms with Crippen molar-refractivity contribution in [1.82, 2.24) is 0 Å². The van der Waals surface area contributed by atoms with Crippen molar-refractivity contribution in [2.45, 2.75) is 40.0 Å². The minimum absolute atomic E-state index is 0.0549. The largest absolute Gasteiger partial charge is 0.490 e. The van der Waals surface area contributed by atoms with Gasteiger partial charge in [-0.15, -0.1) is 0 Å². The van der Waals surface area contributed by atoms with Gasteiger partial charge in [0.15, 0.2) is 28.8 Å². The Morgan fingerprint density at radius 2 is 1.23 bits per heavy atom. The number of hydrogen-bond acceptors (Lipinski definition) is 6. The molecule has 168 valence electrons. The van der Waals surface area contributed by atoms with E-state index in [0.29, 0.717) is 60.6 Å². The van der Waals surface area contributed by atoms with Crippen LogP contribution in [0.2, 0.25) is 0 Å². The predicted octanol–water partition coefficient (Wildman–Crippen LogP) is 4.26. The molecule has 7 heteroatoms. The fourth-order valence-electron chi connectivity index (χ4n) is 3.22. The highest BCUT2D eigenvalue weighted by atomic mass is 16.5. The third-order valence-electron chi connectivity index (χ3n) is 4.46. The molecule has 2 aromatic carbocycles. The average molecular weight is 430 g/mol. The van der Waals surface area contributed by atoms with Gasteiger partial charge in [0.1, 0.15) is 5.92 Å². The molecule has 0 aliphatic heterocycles. The van der Waals surface area contributed by atoms with Crippen LogP contribution in [0.4, 0.5) is 0 Å². The Kier molecular flexibility index (Phi) is 9.18. The Morgan fingerprint density at radius 3 is 1.74 bits per heavy atom. The SMILES string of the molecule is CCOc1ccc(CC(=O)C(C(=O)O)c2ccc(OCC)c(OCC)c2)cc1OCC. The van der Waals surface area contributed by atoms with E-state index < -0.39 is 17.7 Å². The maximum Gasteiger partial charge on any atom is 0.318 e. The van der Waals surface area contributed by atoms with Crippen molar-refractivity contribution in [3.05, 3.63) is 47.5 Å². The van der Waals surface area contributed by atoms with Gasteiger partial charge in [-0.25, -0.2) is 0 Å². The average Bonchev–Trinajstić information content (AvgIpc) is 2.72. The highest BCUT2D eigenvalue weighted by Gasteiger charge is 2.29. The van der Waals surface area contributed by atoms with Crippen molar-refractivity contribution in [2.75, 3.05) is 26.4 Å². The monoisotopic (exact) mass is 430 g/mol. The Hall–Kier alpha value is -3.22. The van der Waals surface area contributed by atoms with Gasteiger partial charge in [-0.1, -0.05) is 12.1 Å². The van der Waals surface area contributed by atoms with Crippen LogP contribution in [0, 0.1) is 0 Å². The molecule has 31 heavy (non-hydrogen) atoms. The van der Waals surface area contributed by atoms with Gasteiger partial charge in [0, 0.05) is 6.42 Å². The Morgan fingerprint density at radius 1 is 0.742 bits per heavy atom. The van der Waals surface area contributed by atoms with Crippen molar-refractivity contribution in [2.24, 2.45) is 0 Å². The summed E-state index contributed by atoms with van der Waals surface area (Å²) in [5.41, 5.74) is 1.000.